The minimum atomic E-state index is 0.674. The van der Waals surface area contributed by atoms with Crippen LogP contribution in [0.15, 0.2) is 6.33 Å². The van der Waals surface area contributed by atoms with Crippen molar-refractivity contribution in [2.45, 2.75) is 26.7 Å². The first-order valence-electron chi connectivity index (χ1n) is 8.31. The van der Waals surface area contributed by atoms with Crippen LogP contribution in [0, 0.1) is 19.8 Å². The van der Waals surface area contributed by atoms with Gasteiger partial charge in [-0.3, -0.25) is 0 Å². The molecule has 0 amide bonds. The normalized spacial score (nSPS) is 18.8. The molecule has 0 spiro atoms. The SMILES string of the molecule is COCCCN1CCC(CNc2c(C)c(C)nn3cnnc23)C1. The number of aromatic nitrogens is 4. The van der Waals surface area contributed by atoms with Crippen LogP contribution in [0.4, 0.5) is 5.69 Å². The molecule has 1 N–H and O–H groups in total. The van der Waals surface area contributed by atoms with Crippen molar-refractivity contribution < 1.29 is 4.74 Å². The summed E-state index contributed by atoms with van der Waals surface area (Å²) >= 11 is 0. The monoisotopic (exact) mass is 318 g/mol. The molecule has 0 saturated carbocycles. The van der Waals surface area contributed by atoms with Gasteiger partial charge in [-0.1, -0.05) is 0 Å². The predicted molar refractivity (Wildman–Crippen MR) is 89.8 cm³/mol. The second-order valence-electron chi connectivity index (χ2n) is 6.37. The number of methoxy groups -OCH3 is 1. The van der Waals surface area contributed by atoms with Crippen molar-refractivity contribution in [3.05, 3.63) is 17.6 Å². The zero-order chi connectivity index (χ0) is 16.2. The van der Waals surface area contributed by atoms with Gasteiger partial charge in [0.05, 0.1) is 11.4 Å². The summed E-state index contributed by atoms with van der Waals surface area (Å²) in [6, 6.07) is 0. The summed E-state index contributed by atoms with van der Waals surface area (Å²) in [5, 5.41) is 16.2. The lowest BCUT2D eigenvalue weighted by molar-refractivity contribution is 0.178. The van der Waals surface area contributed by atoms with Crippen molar-refractivity contribution >= 4 is 11.3 Å². The minimum absolute atomic E-state index is 0.674. The molecule has 0 bridgehead atoms. The predicted octanol–water partition coefficient (Wildman–Crippen LogP) is 1.51. The number of ether oxygens (including phenoxy) is 1. The smallest absolute Gasteiger partial charge is 0.200 e. The average Bonchev–Trinajstić information content (AvgIpc) is 3.17. The first kappa shape index (κ1) is 16.1. The maximum absolute atomic E-state index is 5.13. The number of nitrogens with one attached hydrogen (secondary N) is 1. The third-order valence-electron chi connectivity index (χ3n) is 4.69. The van der Waals surface area contributed by atoms with E-state index in [-0.39, 0.29) is 0 Å². The quantitative estimate of drug-likeness (QED) is 0.781. The lowest BCUT2D eigenvalue weighted by Crippen LogP contribution is -2.25. The van der Waals surface area contributed by atoms with Gasteiger partial charge in [-0.2, -0.15) is 9.61 Å². The molecule has 126 valence electrons. The second-order valence-corrected chi connectivity index (χ2v) is 6.37. The van der Waals surface area contributed by atoms with Crippen LogP contribution in [0.1, 0.15) is 24.1 Å². The van der Waals surface area contributed by atoms with Crippen LogP contribution >= 0.6 is 0 Å². The highest BCUT2D eigenvalue weighted by Gasteiger charge is 2.22. The van der Waals surface area contributed by atoms with E-state index in [9.17, 15) is 0 Å². The zero-order valence-corrected chi connectivity index (χ0v) is 14.2. The molecule has 0 aromatic carbocycles. The van der Waals surface area contributed by atoms with Gasteiger partial charge in [-0.25, -0.2) is 0 Å². The first-order chi connectivity index (χ1) is 11.2. The van der Waals surface area contributed by atoms with E-state index in [4.69, 9.17) is 4.74 Å². The number of likely N-dealkylation sites (tertiary alicyclic amines) is 1. The number of anilines is 1. The van der Waals surface area contributed by atoms with Crippen LogP contribution in [0.2, 0.25) is 0 Å². The maximum Gasteiger partial charge on any atom is 0.200 e. The van der Waals surface area contributed by atoms with E-state index in [1.54, 1.807) is 18.0 Å². The number of fused-ring (bicyclic) bond motifs is 1. The van der Waals surface area contributed by atoms with Gasteiger partial charge in [0.25, 0.3) is 0 Å². The van der Waals surface area contributed by atoms with Gasteiger partial charge in [0.2, 0.25) is 5.65 Å². The molecule has 0 radical (unpaired) electrons. The molecular formula is C16H26N6O. The molecule has 1 saturated heterocycles. The van der Waals surface area contributed by atoms with Crippen LogP contribution in [0.5, 0.6) is 0 Å². The zero-order valence-electron chi connectivity index (χ0n) is 14.2. The van der Waals surface area contributed by atoms with E-state index < -0.39 is 0 Å². The van der Waals surface area contributed by atoms with E-state index in [1.165, 1.54) is 13.0 Å². The highest BCUT2D eigenvalue weighted by Crippen LogP contribution is 2.23. The average molecular weight is 318 g/mol. The van der Waals surface area contributed by atoms with Gasteiger partial charge >= 0.3 is 0 Å². The molecule has 1 unspecified atom stereocenters. The van der Waals surface area contributed by atoms with Gasteiger partial charge < -0.3 is 15.0 Å². The topological polar surface area (TPSA) is 67.6 Å². The molecule has 3 rings (SSSR count). The fourth-order valence-corrected chi connectivity index (χ4v) is 3.23. The Morgan fingerprint density at radius 3 is 3.09 bits per heavy atom. The summed E-state index contributed by atoms with van der Waals surface area (Å²) < 4.78 is 6.88. The van der Waals surface area contributed by atoms with Gasteiger partial charge in [-0.05, 0) is 44.7 Å². The third-order valence-corrected chi connectivity index (χ3v) is 4.69. The third kappa shape index (κ3) is 3.61. The van der Waals surface area contributed by atoms with Crippen molar-refractivity contribution in [2.75, 3.05) is 45.2 Å². The molecule has 1 aliphatic rings. The molecule has 7 heteroatoms. The van der Waals surface area contributed by atoms with Crippen LogP contribution in [0.25, 0.3) is 5.65 Å². The van der Waals surface area contributed by atoms with Crippen molar-refractivity contribution in [1.29, 1.82) is 0 Å². The van der Waals surface area contributed by atoms with Crippen molar-refractivity contribution in [1.82, 2.24) is 24.7 Å². The molecule has 3 heterocycles. The molecule has 23 heavy (non-hydrogen) atoms. The summed E-state index contributed by atoms with van der Waals surface area (Å²) in [7, 11) is 1.76. The molecule has 1 fully saturated rings. The lowest BCUT2D eigenvalue weighted by atomic mass is 10.1. The van der Waals surface area contributed by atoms with Gasteiger partial charge in [0, 0.05) is 33.4 Å². The van der Waals surface area contributed by atoms with Crippen molar-refractivity contribution in [3.8, 4) is 0 Å². The number of nitrogens with zero attached hydrogens (tertiary/aromatic N) is 5. The van der Waals surface area contributed by atoms with E-state index in [0.717, 1.165) is 55.3 Å². The first-order valence-corrected chi connectivity index (χ1v) is 8.31. The highest BCUT2D eigenvalue weighted by molar-refractivity contribution is 5.71. The fourth-order valence-electron chi connectivity index (χ4n) is 3.23. The largest absolute Gasteiger partial charge is 0.385 e. The molecule has 1 atom stereocenters. The van der Waals surface area contributed by atoms with E-state index in [0.29, 0.717) is 5.92 Å². The Morgan fingerprint density at radius 2 is 2.26 bits per heavy atom. The van der Waals surface area contributed by atoms with Crippen molar-refractivity contribution in [2.24, 2.45) is 5.92 Å². The van der Waals surface area contributed by atoms with Gasteiger partial charge in [0.15, 0.2) is 0 Å². The van der Waals surface area contributed by atoms with E-state index in [2.05, 4.69) is 32.4 Å². The molecular weight excluding hydrogens is 292 g/mol. The number of rotatable bonds is 7. The molecule has 7 nitrogen and oxygen atoms in total. The van der Waals surface area contributed by atoms with Crippen molar-refractivity contribution in [3.63, 3.8) is 0 Å². The highest BCUT2D eigenvalue weighted by atomic mass is 16.5. The summed E-state index contributed by atoms with van der Waals surface area (Å²) in [6.45, 7) is 9.39. The Morgan fingerprint density at radius 1 is 1.39 bits per heavy atom. The van der Waals surface area contributed by atoms with E-state index in [1.807, 2.05) is 6.92 Å². The summed E-state index contributed by atoms with van der Waals surface area (Å²) in [5.74, 6) is 0.674. The summed E-state index contributed by atoms with van der Waals surface area (Å²) in [4.78, 5) is 2.53. The maximum atomic E-state index is 5.13. The Balaban J connectivity index is 1.59. The lowest BCUT2D eigenvalue weighted by Gasteiger charge is -2.17. The Labute approximate surface area is 137 Å². The molecule has 2 aromatic heterocycles. The number of hydrogen-bond acceptors (Lipinski definition) is 6. The summed E-state index contributed by atoms with van der Waals surface area (Å²) in [5.41, 5.74) is 4.03. The fraction of sp³-hybridized carbons (Fsp3) is 0.688. The van der Waals surface area contributed by atoms with Gasteiger partial charge in [0.1, 0.15) is 6.33 Å². The Bertz CT molecular complexity index is 655. The molecule has 1 aliphatic heterocycles. The molecule has 0 aliphatic carbocycles. The number of aryl methyl sites for hydroxylation is 1. The van der Waals surface area contributed by atoms with Crippen LogP contribution in [0.3, 0.4) is 0 Å². The Kier molecular flexibility index (Phi) is 5.07. The van der Waals surface area contributed by atoms with E-state index >= 15 is 0 Å². The second kappa shape index (κ2) is 7.23. The standard InChI is InChI=1S/C16H26N6O/c1-12-13(2)20-22-11-18-19-16(22)15(12)17-9-14-5-7-21(10-14)6-4-8-23-3/h11,14,17H,4-10H2,1-3H3. The summed E-state index contributed by atoms with van der Waals surface area (Å²) in [6.07, 6.45) is 4.01. The van der Waals surface area contributed by atoms with Crippen LogP contribution < -0.4 is 5.32 Å². The molecule has 2 aromatic rings. The van der Waals surface area contributed by atoms with Crippen LogP contribution in [-0.4, -0.2) is 64.6 Å². The Hall–Kier alpha value is -1.73. The van der Waals surface area contributed by atoms with Gasteiger partial charge in [-0.15, -0.1) is 10.2 Å². The minimum Gasteiger partial charge on any atom is -0.385 e. The van der Waals surface area contributed by atoms with Crippen LogP contribution in [-0.2, 0) is 4.74 Å². The number of hydrogen-bond donors (Lipinski definition) is 1.